The van der Waals surface area contributed by atoms with Gasteiger partial charge in [0.2, 0.25) is 5.76 Å². The van der Waals surface area contributed by atoms with Crippen molar-refractivity contribution >= 4 is 34.2 Å². The monoisotopic (exact) mass is 431 g/mol. The summed E-state index contributed by atoms with van der Waals surface area (Å²) in [6.07, 6.45) is 0. The van der Waals surface area contributed by atoms with Gasteiger partial charge in [0, 0.05) is 16.8 Å². The molecule has 1 aliphatic heterocycles. The van der Waals surface area contributed by atoms with Gasteiger partial charge in [0.25, 0.3) is 5.91 Å². The Kier molecular flexibility index (Phi) is 4.56. The molecular formula is C25H18ClNO4. The van der Waals surface area contributed by atoms with Crippen molar-refractivity contribution < 1.29 is 13.9 Å². The van der Waals surface area contributed by atoms with Crippen molar-refractivity contribution in [1.29, 1.82) is 0 Å². The third-order valence-corrected chi connectivity index (χ3v) is 5.76. The summed E-state index contributed by atoms with van der Waals surface area (Å²) in [6, 6.07) is 19.0. The molecule has 0 saturated carbocycles. The molecule has 154 valence electrons. The lowest BCUT2D eigenvalue weighted by Gasteiger charge is -2.25. The van der Waals surface area contributed by atoms with Gasteiger partial charge < -0.3 is 9.15 Å². The number of anilines is 1. The molecule has 1 aromatic heterocycles. The van der Waals surface area contributed by atoms with E-state index in [0.717, 1.165) is 11.1 Å². The van der Waals surface area contributed by atoms with Crippen molar-refractivity contribution in [2.24, 2.45) is 0 Å². The van der Waals surface area contributed by atoms with Gasteiger partial charge in [-0.1, -0.05) is 41.4 Å². The number of carbonyl (C=O) groups excluding carboxylic acids is 1. The molecule has 2 heterocycles. The van der Waals surface area contributed by atoms with Crippen LogP contribution in [0.2, 0.25) is 5.02 Å². The van der Waals surface area contributed by atoms with Crippen LogP contribution in [0, 0.1) is 6.92 Å². The van der Waals surface area contributed by atoms with Crippen LogP contribution in [-0.4, -0.2) is 13.0 Å². The molecule has 4 aromatic rings. The van der Waals surface area contributed by atoms with Gasteiger partial charge in [0.05, 0.1) is 24.1 Å². The van der Waals surface area contributed by atoms with Gasteiger partial charge in [-0.15, -0.1) is 0 Å². The highest BCUT2D eigenvalue weighted by molar-refractivity contribution is 6.30. The van der Waals surface area contributed by atoms with E-state index in [9.17, 15) is 9.59 Å². The highest BCUT2D eigenvalue weighted by atomic mass is 35.5. The van der Waals surface area contributed by atoms with E-state index in [1.54, 1.807) is 66.6 Å². The Morgan fingerprint density at radius 1 is 1.00 bits per heavy atom. The largest absolute Gasteiger partial charge is 0.497 e. The SMILES string of the molecule is COc1cccc(N2C(=O)c3oc4ccc(C)cc4c(=O)c3C2c2cccc(Cl)c2)c1. The van der Waals surface area contributed by atoms with Crippen LogP contribution < -0.4 is 15.1 Å². The number of hydrogen-bond acceptors (Lipinski definition) is 4. The fraction of sp³-hybridized carbons (Fsp3) is 0.120. The molecule has 0 saturated heterocycles. The second-order valence-corrected chi connectivity index (χ2v) is 7.94. The van der Waals surface area contributed by atoms with Crippen molar-refractivity contribution in [2.75, 3.05) is 12.0 Å². The predicted octanol–water partition coefficient (Wildman–Crippen LogP) is 5.51. The van der Waals surface area contributed by atoms with E-state index in [1.165, 1.54) is 0 Å². The van der Waals surface area contributed by atoms with E-state index in [2.05, 4.69) is 0 Å². The summed E-state index contributed by atoms with van der Waals surface area (Å²) in [5, 5.41) is 0.969. The number of carbonyl (C=O) groups is 1. The smallest absolute Gasteiger partial charge is 0.295 e. The molecule has 0 spiro atoms. The maximum absolute atomic E-state index is 13.6. The number of halogens is 1. The van der Waals surface area contributed by atoms with Gasteiger partial charge in [0.1, 0.15) is 11.3 Å². The summed E-state index contributed by atoms with van der Waals surface area (Å²) < 4.78 is 11.3. The van der Waals surface area contributed by atoms with Gasteiger partial charge in [-0.2, -0.15) is 0 Å². The number of fused-ring (bicyclic) bond motifs is 2. The average Bonchev–Trinajstić information content (AvgIpc) is 3.07. The third-order valence-electron chi connectivity index (χ3n) is 5.52. The second-order valence-electron chi connectivity index (χ2n) is 7.51. The molecule has 5 nitrogen and oxygen atoms in total. The van der Waals surface area contributed by atoms with Gasteiger partial charge in [-0.25, -0.2) is 0 Å². The van der Waals surface area contributed by atoms with Crippen LogP contribution in [0.5, 0.6) is 5.75 Å². The zero-order valence-electron chi connectivity index (χ0n) is 16.9. The van der Waals surface area contributed by atoms with Crippen LogP contribution in [0.15, 0.2) is 75.9 Å². The zero-order chi connectivity index (χ0) is 21.7. The Morgan fingerprint density at radius 3 is 2.58 bits per heavy atom. The highest BCUT2D eigenvalue weighted by Crippen LogP contribution is 2.42. The number of benzene rings is 3. The lowest BCUT2D eigenvalue weighted by molar-refractivity contribution is 0.0971. The molecule has 0 radical (unpaired) electrons. The molecule has 6 heteroatoms. The molecule has 0 aliphatic carbocycles. The number of amides is 1. The summed E-state index contributed by atoms with van der Waals surface area (Å²) in [7, 11) is 1.56. The lowest BCUT2D eigenvalue weighted by atomic mass is 9.98. The van der Waals surface area contributed by atoms with E-state index < -0.39 is 6.04 Å². The minimum atomic E-state index is -0.672. The summed E-state index contributed by atoms with van der Waals surface area (Å²) in [4.78, 5) is 28.7. The van der Waals surface area contributed by atoms with Crippen LogP contribution >= 0.6 is 11.6 Å². The molecular weight excluding hydrogens is 414 g/mol. The number of rotatable bonds is 3. The average molecular weight is 432 g/mol. The van der Waals surface area contributed by atoms with Crippen LogP contribution in [0.4, 0.5) is 5.69 Å². The molecule has 0 N–H and O–H groups in total. The Morgan fingerprint density at radius 2 is 1.81 bits per heavy atom. The summed E-state index contributed by atoms with van der Waals surface area (Å²) in [5.41, 5.74) is 2.74. The fourth-order valence-corrected chi connectivity index (χ4v) is 4.30. The first-order valence-electron chi connectivity index (χ1n) is 9.78. The fourth-order valence-electron chi connectivity index (χ4n) is 4.11. The van der Waals surface area contributed by atoms with Gasteiger partial charge in [-0.05, 0) is 48.9 Å². The minimum Gasteiger partial charge on any atom is -0.497 e. The van der Waals surface area contributed by atoms with Crippen molar-refractivity contribution in [3.63, 3.8) is 0 Å². The van der Waals surface area contributed by atoms with Crippen LogP contribution in [0.3, 0.4) is 0 Å². The number of hydrogen-bond donors (Lipinski definition) is 0. The first-order valence-corrected chi connectivity index (χ1v) is 10.2. The lowest BCUT2D eigenvalue weighted by Crippen LogP contribution is -2.29. The second kappa shape index (κ2) is 7.29. The molecule has 1 atom stereocenters. The maximum atomic E-state index is 13.6. The number of nitrogens with zero attached hydrogens (tertiary/aromatic N) is 1. The van der Waals surface area contributed by atoms with Crippen LogP contribution in [-0.2, 0) is 0 Å². The van der Waals surface area contributed by atoms with Crippen molar-refractivity contribution in [2.45, 2.75) is 13.0 Å². The third kappa shape index (κ3) is 3.09. The molecule has 1 unspecified atom stereocenters. The molecule has 31 heavy (non-hydrogen) atoms. The van der Waals surface area contributed by atoms with Crippen molar-refractivity contribution in [3.05, 3.63) is 104 Å². The van der Waals surface area contributed by atoms with E-state index in [-0.39, 0.29) is 17.1 Å². The molecule has 1 amide bonds. The normalized spacial score (nSPS) is 15.4. The standard InChI is InChI=1S/C25H18ClNO4/c1-14-9-10-20-19(11-14)23(28)21-22(15-5-3-6-16(26)12-15)27(25(29)24(21)31-20)17-7-4-8-18(13-17)30-2/h3-13,22H,1-2H3. The maximum Gasteiger partial charge on any atom is 0.295 e. The topological polar surface area (TPSA) is 59.8 Å². The van der Waals surface area contributed by atoms with Gasteiger partial charge in [0.15, 0.2) is 5.43 Å². The van der Waals surface area contributed by atoms with Crippen LogP contribution in [0.25, 0.3) is 11.0 Å². The van der Waals surface area contributed by atoms with Crippen molar-refractivity contribution in [1.82, 2.24) is 0 Å². The Bertz CT molecular complexity index is 1410. The molecule has 1 aliphatic rings. The van der Waals surface area contributed by atoms with E-state index >= 15 is 0 Å². The Hall–Kier alpha value is -3.57. The Balaban J connectivity index is 1.82. The predicted molar refractivity (Wildman–Crippen MR) is 120 cm³/mol. The van der Waals surface area contributed by atoms with Gasteiger partial charge >= 0.3 is 0 Å². The zero-order valence-corrected chi connectivity index (χ0v) is 17.6. The van der Waals surface area contributed by atoms with Crippen LogP contribution in [0.1, 0.15) is 33.3 Å². The first-order chi connectivity index (χ1) is 15.0. The van der Waals surface area contributed by atoms with Gasteiger partial charge in [-0.3, -0.25) is 14.5 Å². The van der Waals surface area contributed by atoms with Crippen molar-refractivity contribution in [3.8, 4) is 5.75 Å². The quantitative estimate of drug-likeness (QED) is 0.429. The number of ether oxygens (including phenoxy) is 1. The highest BCUT2D eigenvalue weighted by Gasteiger charge is 2.43. The van der Waals surface area contributed by atoms with E-state index in [1.807, 2.05) is 19.1 Å². The molecule has 0 bridgehead atoms. The Labute approximate surface area is 183 Å². The molecule has 5 rings (SSSR count). The molecule has 3 aromatic carbocycles. The minimum absolute atomic E-state index is 0.0501. The summed E-state index contributed by atoms with van der Waals surface area (Å²) >= 11 is 6.26. The summed E-state index contributed by atoms with van der Waals surface area (Å²) in [6.45, 7) is 1.91. The molecule has 0 fully saturated rings. The van der Waals surface area contributed by atoms with E-state index in [0.29, 0.717) is 33.0 Å². The number of aryl methyl sites for hydroxylation is 1. The summed E-state index contributed by atoms with van der Waals surface area (Å²) in [5.74, 6) is 0.271. The van der Waals surface area contributed by atoms with E-state index in [4.69, 9.17) is 20.8 Å². The number of methoxy groups -OCH3 is 1. The first kappa shape index (κ1) is 19.4.